The minimum absolute atomic E-state index is 0.241. The van der Waals surface area contributed by atoms with Gasteiger partial charge in [-0.15, -0.1) is 0 Å². The van der Waals surface area contributed by atoms with E-state index in [9.17, 15) is 61.0 Å². The second-order valence-corrected chi connectivity index (χ2v) is 31.0. The molecule has 17 atom stereocenters. The minimum Gasteiger partial charge on any atom is -0.394 e. The topological polar surface area (TPSA) is 307 Å². The van der Waals surface area contributed by atoms with Crippen LogP contribution in [0.25, 0.3) is 0 Å². The first-order valence-corrected chi connectivity index (χ1v) is 43.1. The fraction of sp³-hybridized carbons (Fsp3) is 0.940. The van der Waals surface area contributed by atoms with E-state index in [0.717, 1.165) is 38.5 Å². The molecule has 3 fully saturated rings. The highest BCUT2D eigenvalue weighted by atomic mass is 16.8. The number of allylic oxidation sites excluding steroid dienone is 3. The standard InChI is InChI=1S/C84H159NO18/c1-3-5-7-9-11-13-15-17-19-21-23-25-27-29-31-32-33-34-36-37-39-41-43-45-47-49-51-53-55-57-59-61-68(89)67(85-72(90)62-60-58-56-54-52-50-48-46-44-42-40-38-35-30-28-26-24-22-20-18-16-14-12-10-8-6-4-2)66-98-82-78(96)75(93)80(70(64-87)100-82)103-84-79(97)76(94)81(71(65-88)101-84)102-83-77(95)74(92)73(91)69(63-86)99-83/h51,53,59,61,67-71,73-84,86-89,91-97H,3-50,52,54-58,60,62-66H2,1-2H3,(H,85,90)/b53-51+,61-59+. The van der Waals surface area contributed by atoms with E-state index < -0.39 is 124 Å². The van der Waals surface area contributed by atoms with Gasteiger partial charge in [0.05, 0.1) is 38.6 Å². The first kappa shape index (κ1) is 95.5. The smallest absolute Gasteiger partial charge is 0.220 e. The molecule has 0 aromatic heterocycles. The largest absolute Gasteiger partial charge is 0.394 e. The number of aliphatic hydroxyl groups is 11. The number of carbonyl (C=O) groups is 1. The number of amides is 1. The predicted octanol–water partition coefficient (Wildman–Crippen LogP) is 15.3. The van der Waals surface area contributed by atoms with Crippen LogP contribution in [-0.2, 0) is 33.2 Å². The Hall–Kier alpha value is -1.73. The third-order valence-corrected chi connectivity index (χ3v) is 21.8. The number of hydrogen-bond donors (Lipinski definition) is 12. The molecule has 19 nitrogen and oxygen atoms in total. The van der Waals surface area contributed by atoms with Crippen LogP contribution in [0.2, 0.25) is 0 Å². The lowest BCUT2D eigenvalue weighted by Gasteiger charge is -2.48. The van der Waals surface area contributed by atoms with E-state index in [1.165, 1.54) is 302 Å². The summed E-state index contributed by atoms with van der Waals surface area (Å²) in [7, 11) is 0. The zero-order valence-corrected chi connectivity index (χ0v) is 65.3. The molecule has 0 aliphatic carbocycles. The number of ether oxygens (including phenoxy) is 6. The minimum atomic E-state index is -1.98. The maximum absolute atomic E-state index is 13.5. The van der Waals surface area contributed by atoms with E-state index in [1.807, 2.05) is 6.08 Å². The quantitative estimate of drug-likeness (QED) is 0.0199. The Morgan fingerprint density at radius 1 is 0.340 bits per heavy atom. The van der Waals surface area contributed by atoms with Crippen molar-refractivity contribution in [1.82, 2.24) is 5.32 Å². The molecule has 3 saturated heterocycles. The van der Waals surface area contributed by atoms with Gasteiger partial charge in [-0.2, -0.15) is 0 Å². The van der Waals surface area contributed by atoms with Crippen LogP contribution in [0.15, 0.2) is 24.3 Å². The van der Waals surface area contributed by atoms with Crippen molar-refractivity contribution in [1.29, 1.82) is 0 Å². The Morgan fingerprint density at radius 2 is 0.621 bits per heavy atom. The molecule has 0 saturated carbocycles. The van der Waals surface area contributed by atoms with Crippen LogP contribution >= 0.6 is 0 Å². The zero-order chi connectivity index (χ0) is 74.6. The maximum Gasteiger partial charge on any atom is 0.220 e. The Kier molecular flexibility index (Phi) is 60.3. The average molecular weight is 1470 g/mol. The van der Waals surface area contributed by atoms with Gasteiger partial charge in [-0.3, -0.25) is 4.79 Å². The SMILES string of the molecule is CCCCCCCCCCCCCCCCCCCCCCCCCCC/C=C/CC/C=C/C(O)C(COC1OC(CO)C(OC2OC(CO)C(OC3OC(CO)C(O)C(O)C3O)C(O)C2O)C(O)C1O)NC(=O)CCCCCCCCCCCCCCCCCCCCCCCCCCCCC. The molecule has 17 unspecified atom stereocenters. The summed E-state index contributed by atoms with van der Waals surface area (Å²) in [4.78, 5) is 13.5. The molecule has 3 heterocycles. The van der Waals surface area contributed by atoms with Crippen molar-refractivity contribution < 1.29 is 89.4 Å². The van der Waals surface area contributed by atoms with Crippen molar-refractivity contribution >= 4 is 5.91 Å². The Balaban J connectivity index is 1.36. The lowest BCUT2D eigenvalue weighted by atomic mass is 9.96. The molecule has 3 rings (SSSR count). The molecule has 0 bridgehead atoms. The molecule has 608 valence electrons. The molecule has 0 aromatic carbocycles. The molecular weight excluding hydrogens is 1310 g/mol. The van der Waals surface area contributed by atoms with Crippen LogP contribution < -0.4 is 5.32 Å². The summed E-state index contributed by atoms with van der Waals surface area (Å²) in [5.74, 6) is -0.276. The number of unbranched alkanes of at least 4 members (excludes halogenated alkanes) is 52. The molecule has 1 amide bonds. The highest BCUT2D eigenvalue weighted by Gasteiger charge is 2.54. The predicted molar refractivity (Wildman–Crippen MR) is 411 cm³/mol. The Bertz CT molecular complexity index is 1950. The lowest BCUT2D eigenvalue weighted by Crippen LogP contribution is -2.66. The van der Waals surface area contributed by atoms with Gasteiger partial charge in [0, 0.05) is 6.42 Å². The molecule has 0 radical (unpaired) electrons. The van der Waals surface area contributed by atoms with E-state index in [2.05, 4.69) is 31.3 Å². The number of carbonyl (C=O) groups excluding carboxylic acids is 1. The Labute approximate surface area is 626 Å². The maximum atomic E-state index is 13.5. The van der Waals surface area contributed by atoms with Crippen molar-refractivity contribution in [2.45, 2.75) is 478 Å². The fourth-order valence-corrected chi connectivity index (χ4v) is 14.9. The second kappa shape index (κ2) is 65.0. The van der Waals surface area contributed by atoms with Gasteiger partial charge >= 0.3 is 0 Å². The molecule has 19 heteroatoms. The van der Waals surface area contributed by atoms with Gasteiger partial charge in [-0.05, 0) is 32.1 Å². The van der Waals surface area contributed by atoms with E-state index in [-0.39, 0.29) is 18.9 Å². The molecule has 3 aliphatic rings. The van der Waals surface area contributed by atoms with Crippen molar-refractivity contribution in [3.05, 3.63) is 24.3 Å². The molecule has 0 spiro atoms. The van der Waals surface area contributed by atoms with Crippen LogP contribution in [0.4, 0.5) is 0 Å². The summed E-state index contributed by atoms with van der Waals surface area (Å²) >= 11 is 0. The number of rotatable bonds is 70. The van der Waals surface area contributed by atoms with E-state index in [1.54, 1.807) is 6.08 Å². The summed E-state index contributed by atoms with van der Waals surface area (Å²) in [6, 6.07) is -0.989. The number of aliphatic hydroxyl groups excluding tert-OH is 11. The van der Waals surface area contributed by atoms with Crippen LogP contribution in [0.5, 0.6) is 0 Å². The van der Waals surface area contributed by atoms with Gasteiger partial charge < -0.3 is 89.9 Å². The monoisotopic (exact) mass is 1470 g/mol. The summed E-state index contributed by atoms with van der Waals surface area (Å²) in [6.45, 7) is 1.79. The third-order valence-electron chi connectivity index (χ3n) is 21.8. The van der Waals surface area contributed by atoms with Crippen molar-refractivity contribution in [2.24, 2.45) is 0 Å². The van der Waals surface area contributed by atoms with Crippen LogP contribution in [0.1, 0.15) is 373 Å². The van der Waals surface area contributed by atoms with E-state index >= 15 is 0 Å². The van der Waals surface area contributed by atoms with E-state index in [0.29, 0.717) is 12.8 Å². The van der Waals surface area contributed by atoms with Gasteiger partial charge in [0.25, 0.3) is 0 Å². The van der Waals surface area contributed by atoms with Crippen LogP contribution in [-0.4, -0.2) is 193 Å². The average Bonchev–Trinajstić information content (AvgIpc) is 0.781. The molecule has 0 aromatic rings. The molecular formula is C84H159NO18. The summed E-state index contributed by atoms with van der Waals surface area (Å²) in [6.07, 6.45) is 53.3. The third kappa shape index (κ3) is 44.6. The van der Waals surface area contributed by atoms with Crippen LogP contribution in [0.3, 0.4) is 0 Å². The second-order valence-electron chi connectivity index (χ2n) is 31.0. The zero-order valence-electron chi connectivity index (χ0n) is 65.3. The molecule has 3 aliphatic heterocycles. The van der Waals surface area contributed by atoms with Crippen molar-refractivity contribution in [3.63, 3.8) is 0 Å². The highest BCUT2D eigenvalue weighted by Crippen LogP contribution is 2.33. The molecule has 12 N–H and O–H groups in total. The van der Waals surface area contributed by atoms with Gasteiger partial charge in [-0.25, -0.2) is 0 Å². The first-order chi connectivity index (χ1) is 50.3. The summed E-state index contributed by atoms with van der Waals surface area (Å²) in [5, 5.41) is 121. The van der Waals surface area contributed by atoms with Crippen LogP contribution in [0, 0.1) is 0 Å². The summed E-state index contributed by atoms with van der Waals surface area (Å²) in [5.41, 5.74) is 0. The number of hydrogen-bond acceptors (Lipinski definition) is 18. The highest BCUT2D eigenvalue weighted by molar-refractivity contribution is 5.76. The van der Waals surface area contributed by atoms with Gasteiger partial charge in [0.1, 0.15) is 73.2 Å². The Morgan fingerprint density at radius 3 is 0.971 bits per heavy atom. The lowest BCUT2D eigenvalue weighted by molar-refractivity contribution is -0.379. The normalized spacial score (nSPS) is 26.1. The molecule has 103 heavy (non-hydrogen) atoms. The van der Waals surface area contributed by atoms with Gasteiger partial charge in [0.2, 0.25) is 5.91 Å². The fourth-order valence-electron chi connectivity index (χ4n) is 14.9. The van der Waals surface area contributed by atoms with Gasteiger partial charge in [0.15, 0.2) is 18.9 Å². The van der Waals surface area contributed by atoms with E-state index in [4.69, 9.17) is 28.4 Å². The first-order valence-electron chi connectivity index (χ1n) is 43.1. The summed E-state index contributed by atoms with van der Waals surface area (Å²) < 4.78 is 34.5. The van der Waals surface area contributed by atoms with Gasteiger partial charge in [-0.1, -0.05) is 359 Å². The van der Waals surface area contributed by atoms with Crippen molar-refractivity contribution in [2.75, 3.05) is 26.4 Å². The number of nitrogens with one attached hydrogen (secondary N) is 1. The van der Waals surface area contributed by atoms with Crippen molar-refractivity contribution in [3.8, 4) is 0 Å².